The zero-order chi connectivity index (χ0) is 14.1. The summed E-state index contributed by atoms with van der Waals surface area (Å²) in [5.74, 6) is 1.49. The molecule has 6 heteroatoms. The zero-order valence-corrected chi connectivity index (χ0v) is 12.2. The van der Waals surface area contributed by atoms with Crippen LogP contribution in [-0.2, 0) is 0 Å². The van der Waals surface area contributed by atoms with Crippen LogP contribution in [0.15, 0.2) is 18.2 Å². The SMILES string of the molecule is CCC(CC1CC1)n1nnnc1-c1c(N)cccc1Cl. The molecule has 1 aliphatic rings. The van der Waals surface area contributed by atoms with Gasteiger partial charge in [0.15, 0.2) is 5.82 Å². The maximum Gasteiger partial charge on any atom is 0.185 e. The molecule has 2 aromatic rings. The van der Waals surface area contributed by atoms with Crippen molar-refractivity contribution in [1.29, 1.82) is 0 Å². The van der Waals surface area contributed by atoms with E-state index in [-0.39, 0.29) is 0 Å². The Morgan fingerprint density at radius 3 is 2.90 bits per heavy atom. The van der Waals surface area contributed by atoms with Crippen molar-refractivity contribution in [3.05, 3.63) is 23.2 Å². The first kappa shape index (κ1) is 13.4. The first-order chi connectivity index (χ1) is 9.70. The number of hydrogen-bond acceptors (Lipinski definition) is 4. The Kier molecular flexibility index (Phi) is 3.61. The first-order valence-corrected chi connectivity index (χ1v) is 7.40. The Morgan fingerprint density at radius 1 is 1.45 bits per heavy atom. The second kappa shape index (κ2) is 5.40. The average Bonchev–Trinajstić information content (AvgIpc) is 3.13. The van der Waals surface area contributed by atoms with Gasteiger partial charge in [0, 0.05) is 5.69 Å². The fourth-order valence-corrected chi connectivity index (χ4v) is 2.83. The lowest BCUT2D eigenvalue weighted by Gasteiger charge is -2.17. The number of halogens is 1. The zero-order valence-electron chi connectivity index (χ0n) is 11.5. The molecule has 5 nitrogen and oxygen atoms in total. The number of nitrogen functional groups attached to an aromatic ring is 1. The summed E-state index contributed by atoms with van der Waals surface area (Å²) in [5, 5.41) is 12.7. The molecule has 0 aliphatic heterocycles. The van der Waals surface area contributed by atoms with Gasteiger partial charge in [-0.15, -0.1) is 5.10 Å². The molecule has 1 fully saturated rings. The van der Waals surface area contributed by atoms with Crippen LogP contribution in [-0.4, -0.2) is 20.2 Å². The van der Waals surface area contributed by atoms with Gasteiger partial charge in [0.05, 0.1) is 16.6 Å². The van der Waals surface area contributed by atoms with Crippen LogP contribution >= 0.6 is 11.6 Å². The molecule has 3 rings (SSSR count). The quantitative estimate of drug-likeness (QED) is 0.858. The highest BCUT2D eigenvalue weighted by Crippen LogP contribution is 2.39. The number of nitrogens with two attached hydrogens (primary N) is 1. The van der Waals surface area contributed by atoms with Gasteiger partial charge in [0.2, 0.25) is 0 Å². The summed E-state index contributed by atoms with van der Waals surface area (Å²) in [6.07, 6.45) is 4.77. The van der Waals surface area contributed by atoms with E-state index in [2.05, 4.69) is 22.4 Å². The summed E-state index contributed by atoms with van der Waals surface area (Å²) in [5.41, 5.74) is 7.38. The Hall–Kier alpha value is -1.62. The van der Waals surface area contributed by atoms with E-state index in [0.29, 0.717) is 22.6 Å². The van der Waals surface area contributed by atoms with Crippen LogP contribution in [0.1, 0.15) is 38.6 Å². The highest BCUT2D eigenvalue weighted by molar-refractivity contribution is 6.33. The van der Waals surface area contributed by atoms with Gasteiger partial charge in [-0.1, -0.05) is 37.4 Å². The van der Waals surface area contributed by atoms with Crippen molar-refractivity contribution in [3.8, 4) is 11.4 Å². The Balaban J connectivity index is 2.00. The third-order valence-corrected chi connectivity index (χ3v) is 4.20. The molecule has 1 aromatic carbocycles. The van der Waals surface area contributed by atoms with E-state index >= 15 is 0 Å². The van der Waals surface area contributed by atoms with Gasteiger partial charge in [-0.25, -0.2) is 4.68 Å². The van der Waals surface area contributed by atoms with Crippen molar-refractivity contribution in [2.24, 2.45) is 5.92 Å². The van der Waals surface area contributed by atoms with Crippen LogP contribution in [0.3, 0.4) is 0 Å². The van der Waals surface area contributed by atoms with Crippen molar-refractivity contribution in [2.45, 2.75) is 38.6 Å². The molecule has 1 heterocycles. The number of hydrogen-bond donors (Lipinski definition) is 1. The fourth-order valence-electron chi connectivity index (χ4n) is 2.56. The van der Waals surface area contributed by atoms with Crippen molar-refractivity contribution >= 4 is 17.3 Å². The molecule has 1 saturated carbocycles. The monoisotopic (exact) mass is 291 g/mol. The standard InChI is InChI=1S/C14H18ClN5/c1-2-10(8-9-6-7-9)20-14(17-18-19-20)13-11(15)4-3-5-12(13)16/h3-5,9-10H,2,6-8,16H2,1H3. The van der Waals surface area contributed by atoms with Gasteiger partial charge in [-0.3, -0.25) is 0 Å². The van der Waals surface area contributed by atoms with E-state index in [4.69, 9.17) is 17.3 Å². The van der Waals surface area contributed by atoms with E-state index in [1.807, 2.05) is 22.9 Å². The number of rotatable bonds is 5. The maximum atomic E-state index is 6.27. The molecule has 0 amide bonds. The van der Waals surface area contributed by atoms with Gasteiger partial charge < -0.3 is 5.73 Å². The van der Waals surface area contributed by atoms with Crippen LogP contribution < -0.4 is 5.73 Å². The molecular formula is C14H18ClN5. The summed E-state index contributed by atoms with van der Waals surface area (Å²) in [4.78, 5) is 0. The lowest BCUT2D eigenvalue weighted by atomic mass is 10.1. The minimum atomic E-state index is 0.308. The van der Waals surface area contributed by atoms with E-state index < -0.39 is 0 Å². The molecule has 0 bridgehead atoms. The number of benzene rings is 1. The molecule has 1 aromatic heterocycles. The molecule has 2 N–H and O–H groups in total. The summed E-state index contributed by atoms with van der Waals surface area (Å²) in [7, 11) is 0. The Labute approximate surface area is 123 Å². The number of nitrogens with zero attached hydrogens (tertiary/aromatic N) is 4. The van der Waals surface area contributed by atoms with Gasteiger partial charge >= 0.3 is 0 Å². The minimum absolute atomic E-state index is 0.308. The normalized spacial score (nSPS) is 16.3. The predicted octanol–water partition coefficient (Wildman–Crippen LogP) is 3.33. The third kappa shape index (κ3) is 2.50. The smallest absolute Gasteiger partial charge is 0.185 e. The van der Waals surface area contributed by atoms with Gasteiger partial charge in [0.1, 0.15) is 0 Å². The van der Waals surface area contributed by atoms with Gasteiger partial charge in [0.25, 0.3) is 0 Å². The largest absolute Gasteiger partial charge is 0.398 e. The van der Waals surface area contributed by atoms with Crippen molar-refractivity contribution < 1.29 is 0 Å². The number of tetrazole rings is 1. The van der Waals surface area contributed by atoms with Gasteiger partial charge in [-0.05, 0) is 41.3 Å². The van der Waals surface area contributed by atoms with E-state index in [0.717, 1.165) is 24.3 Å². The molecule has 1 aliphatic carbocycles. The second-order valence-corrected chi connectivity index (χ2v) is 5.80. The number of anilines is 1. The summed E-state index contributed by atoms with van der Waals surface area (Å²) < 4.78 is 1.88. The topological polar surface area (TPSA) is 69.6 Å². The second-order valence-electron chi connectivity index (χ2n) is 5.39. The summed E-state index contributed by atoms with van der Waals surface area (Å²) >= 11 is 6.27. The average molecular weight is 292 g/mol. The highest BCUT2D eigenvalue weighted by Gasteiger charge is 2.28. The fraction of sp³-hybridized carbons (Fsp3) is 0.500. The van der Waals surface area contributed by atoms with Crippen molar-refractivity contribution in [1.82, 2.24) is 20.2 Å². The first-order valence-electron chi connectivity index (χ1n) is 7.03. The molecule has 20 heavy (non-hydrogen) atoms. The van der Waals surface area contributed by atoms with E-state index in [1.165, 1.54) is 12.8 Å². The highest BCUT2D eigenvalue weighted by atomic mass is 35.5. The lowest BCUT2D eigenvalue weighted by Crippen LogP contribution is -2.13. The third-order valence-electron chi connectivity index (χ3n) is 3.88. The Bertz CT molecular complexity index is 585. The predicted molar refractivity (Wildman–Crippen MR) is 79.3 cm³/mol. The summed E-state index contributed by atoms with van der Waals surface area (Å²) in [6.45, 7) is 2.16. The Morgan fingerprint density at radius 2 is 2.25 bits per heavy atom. The molecule has 0 radical (unpaired) electrons. The van der Waals surface area contributed by atoms with Crippen molar-refractivity contribution in [3.63, 3.8) is 0 Å². The summed E-state index contributed by atoms with van der Waals surface area (Å²) in [6, 6.07) is 5.77. The molecule has 1 unspecified atom stereocenters. The molecule has 0 spiro atoms. The molecular weight excluding hydrogens is 274 g/mol. The van der Waals surface area contributed by atoms with Crippen LogP contribution in [0, 0.1) is 5.92 Å². The lowest BCUT2D eigenvalue weighted by molar-refractivity contribution is 0.389. The molecule has 106 valence electrons. The van der Waals surface area contributed by atoms with Crippen molar-refractivity contribution in [2.75, 3.05) is 5.73 Å². The van der Waals surface area contributed by atoms with Crippen LogP contribution in [0.5, 0.6) is 0 Å². The van der Waals surface area contributed by atoms with Crippen LogP contribution in [0.25, 0.3) is 11.4 Å². The molecule has 1 atom stereocenters. The van der Waals surface area contributed by atoms with E-state index in [1.54, 1.807) is 0 Å². The van der Waals surface area contributed by atoms with Crippen LogP contribution in [0.4, 0.5) is 5.69 Å². The minimum Gasteiger partial charge on any atom is -0.398 e. The maximum absolute atomic E-state index is 6.27. The number of aromatic nitrogens is 4. The molecule has 0 saturated heterocycles. The van der Waals surface area contributed by atoms with Crippen LogP contribution in [0.2, 0.25) is 5.02 Å². The van der Waals surface area contributed by atoms with E-state index in [9.17, 15) is 0 Å². The van der Waals surface area contributed by atoms with Gasteiger partial charge in [-0.2, -0.15) is 0 Å².